The standard InChI is InChI=1S/C12H21NO2/c14-12(8-13-9-12)10-3-6-15-11(7-10)4-1-2-5-11/h10,13-14H,1-9H2. The molecule has 2 aliphatic heterocycles. The summed E-state index contributed by atoms with van der Waals surface area (Å²) in [5, 5.41) is 13.5. The summed E-state index contributed by atoms with van der Waals surface area (Å²) in [5.41, 5.74) is -0.270. The molecule has 0 aromatic heterocycles. The molecule has 0 aromatic carbocycles. The first-order chi connectivity index (χ1) is 7.23. The molecule has 2 saturated heterocycles. The fourth-order valence-electron chi connectivity index (χ4n) is 3.52. The molecule has 1 spiro atoms. The highest BCUT2D eigenvalue weighted by molar-refractivity contribution is 5.03. The van der Waals surface area contributed by atoms with Gasteiger partial charge in [0.1, 0.15) is 0 Å². The highest BCUT2D eigenvalue weighted by Crippen LogP contribution is 2.45. The molecule has 3 rings (SSSR count). The first-order valence-corrected chi connectivity index (χ1v) is 6.30. The highest BCUT2D eigenvalue weighted by atomic mass is 16.5. The minimum absolute atomic E-state index is 0.147. The Hall–Kier alpha value is -0.120. The Bertz CT molecular complexity index is 244. The van der Waals surface area contributed by atoms with Gasteiger partial charge in [-0.2, -0.15) is 0 Å². The van der Waals surface area contributed by atoms with Crippen LogP contribution in [0.1, 0.15) is 38.5 Å². The third-order valence-corrected chi connectivity index (χ3v) is 4.63. The van der Waals surface area contributed by atoms with E-state index in [-0.39, 0.29) is 5.60 Å². The summed E-state index contributed by atoms with van der Waals surface area (Å²) in [4.78, 5) is 0. The maximum absolute atomic E-state index is 10.4. The highest BCUT2D eigenvalue weighted by Gasteiger charge is 2.49. The van der Waals surface area contributed by atoms with Crippen LogP contribution >= 0.6 is 0 Å². The maximum Gasteiger partial charge on any atom is 0.0924 e. The molecule has 0 bridgehead atoms. The first kappa shape index (κ1) is 10.1. The van der Waals surface area contributed by atoms with Crippen molar-refractivity contribution in [2.24, 2.45) is 5.92 Å². The average Bonchev–Trinajstić information content (AvgIpc) is 2.63. The van der Waals surface area contributed by atoms with Gasteiger partial charge in [-0.1, -0.05) is 12.8 Å². The lowest BCUT2D eigenvalue weighted by Gasteiger charge is -2.49. The van der Waals surface area contributed by atoms with Crippen LogP contribution in [0, 0.1) is 5.92 Å². The van der Waals surface area contributed by atoms with E-state index in [1.54, 1.807) is 0 Å². The lowest BCUT2D eigenvalue weighted by atomic mass is 9.72. The summed E-state index contributed by atoms with van der Waals surface area (Å²) in [6.07, 6.45) is 7.18. The second-order valence-corrected chi connectivity index (χ2v) is 5.64. The quantitative estimate of drug-likeness (QED) is 0.681. The lowest BCUT2D eigenvalue weighted by Crippen LogP contribution is -2.65. The molecule has 1 saturated carbocycles. The van der Waals surface area contributed by atoms with Crippen molar-refractivity contribution < 1.29 is 9.84 Å². The van der Waals surface area contributed by atoms with Gasteiger partial charge in [0.25, 0.3) is 0 Å². The molecule has 3 nitrogen and oxygen atoms in total. The van der Waals surface area contributed by atoms with Crippen LogP contribution in [-0.4, -0.2) is 36.0 Å². The Balaban J connectivity index is 1.70. The first-order valence-electron chi connectivity index (χ1n) is 6.30. The number of ether oxygens (including phenoxy) is 1. The Morgan fingerprint density at radius 2 is 1.93 bits per heavy atom. The fraction of sp³-hybridized carbons (Fsp3) is 1.00. The molecular weight excluding hydrogens is 190 g/mol. The van der Waals surface area contributed by atoms with Gasteiger partial charge in [-0.25, -0.2) is 0 Å². The zero-order valence-electron chi connectivity index (χ0n) is 9.30. The van der Waals surface area contributed by atoms with Crippen molar-refractivity contribution in [3.8, 4) is 0 Å². The summed E-state index contributed by atoms with van der Waals surface area (Å²) in [7, 11) is 0. The Morgan fingerprint density at radius 1 is 1.20 bits per heavy atom. The summed E-state index contributed by atoms with van der Waals surface area (Å²) < 4.78 is 5.99. The van der Waals surface area contributed by atoms with Crippen molar-refractivity contribution in [3.63, 3.8) is 0 Å². The van der Waals surface area contributed by atoms with Gasteiger partial charge >= 0.3 is 0 Å². The van der Waals surface area contributed by atoms with E-state index in [1.165, 1.54) is 25.7 Å². The topological polar surface area (TPSA) is 41.5 Å². The van der Waals surface area contributed by atoms with E-state index in [9.17, 15) is 5.11 Å². The molecule has 3 fully saturated rings. The fourth-order valence-corrected chi connectivity index (χ4v) is 3.52. The summed E-state index contributed by atoms with van der Waals surface area (Å²) in [5.74, 6) is 0.464. The molecule has 1 unspecified atom stereocenters. The Kier molecular flexibility index (Phi) is 2.31. The van der Waals surface area contributed by atoms with Crippen LogP contribution in [0.3, 0.4) is 0 Å². The number of hydrogen-bond acceptors (Lipinski definition) is 3. The van der Waals surface area contributed by atoms with Crippen LogP contribution in [0.15, 0.2) is 0 Å². The average molecular weight is 211 g/mol. The van der Waals surface area contributed by atoms with Gasteiger partial charge in [-0.15, -0.1) is 0 Å². The van der Waals surface area contributed by atoms with E-state index in [0.29, 0.717) is 5.92 Å². The maximum atomic E-state index is 10.4. The van der Waals surface area contributed by atoms with Gasteiger partial charge in [0.05, 0.1) is 11.2 Å². The third kappa shape index (κ3) is 1.61. The van der Waals surface area contributed by atoms with Crippen molar-refractivity contribution in [1.82, 2.24) is 5.32 Å². The van der Waals surface area contributed by atoms with Gasteiger partial charge in [-0.05, 0) is 31.6 Å². The Labute approximate surface area is 91.2 Å². The number of hydrogen-bond donors (Lipinski definition) is 2. The predicted molar refractivity (Wildman–Crippen MR) is 57.7 cm³/mol. The largest absolute Gasteiger partial charge is 0.387 e. The van der Waals surface area contributed by atoms with E-state index in [2.05, 4.69) is 5.32 Å². The van der Waals surface area contributed by atoms with Crippen molar-refractivity contribution in [1.29, 1.82) is 0 Å². The summed E-state index contributed by atoms with van der Waals surface area (Å²) in [6, 6.07) is 0. The minimum Gasteiger partial charge on any atom is -0.387 e. The second-order valence-electron chi connectivity index (χ2n) is 5.64. The molecular formula is C12H21NO2. The zero-order valence-corrected chi connectivity index (χ0v) is 9.30. The molecule has 15 heavy (non-hydrogen) atoms. The molecule has 0 radical (unpaired) electrons. The van der Waals surface area contributed by atoms with Crippen LogP contribution in [0.5, 0.6) is 0 Å². The number of aliphatic hydroxyl groups is 1. The zero-order chi connectivity index (χ0) is 10.4. The minimum atomic E-state index is -0.417. The van der Waals surface area contributed by atoms with Gasteiger partial charge < -0.3 is 15.2 Å². The van der Waals surface area contributed by atoms with E-state index >= 15 is 0 Å². The normalized spacial score (nSPS) is 37.8. The predicted octanol–water partition coefficient (Wildman–Crippen LogP) is 1.06. The van der Waals surface area contributed by atoms with Crippen LogP contribution in [0.25, 0.3) is 0 Å². The molecule has 2 heterocycles. The summed E-state index contributed by atoms with van der Waals surface area (Å²) >= 11 is 0. The van der Waals surface area contributed by atoms with Crippen molar-refractivity contribution >= 4 is 0 Å². The van der Waals surface area contributed by atoms with Gasteiger partial charge in [-0.3, -0.25) is 0 Å². The summed E-state index contributed by atoms with van der Waals surface area (Å²) in [6.45, 7) is 2.43. The second kappa shape index (κ2) is 3.44. The van der Waals surface area contributed by atoms with Crippen LogP contribution < -0.4 is 5.32 Å². The van der Waals surface area contributed by atoms with E-state index in [4.69, 9.17) is 4.74 Å². The molecule has 0 aromatic rings. The molecule has 3 heteroatoms. The van der Waals surface area contributed by atoms with Crippen molar-refractivity contribution in [2.75, 3.05) is 19.7 Å². The van der Waals surface area contributed by atoms with Crippen LogP contribution in [-0.2, 0) is 4.74 Å². The number of rotatable bonds is 1. The third-order valence-electron chi connectivity index (χ3n) is 4.63. The molecule has 1 aliphatic carbocycles. The molecule has 0 amide bonds. The van der Waals surface area contributed by atoms with Gasteiger partial charge in [0, 0.05) is 19.7 Å². The van der Waals surface area contributed by atoms with E-state index in [0.717, 1.165) is 32.5 Å². The number of β-amino-alcohol motifs (C(OH)–C–C–N with tert-alkyl or cyclic N) is 1. The Morgan fingerprint density at radius 3 is 2.53 bits per heavy atom. The molecule has 2 N–H and O–H groups in total. The molecule has 1 atom stereocenters. The van der Waals surface area contributed by atoms with Crippen LogP contribution in [0.4, 0.5) is 0 Å². The monoisotopic (exact) mass is 211 g/mol. The van der Waals surface area contributed by atoms with Gasteiger partial charge in [0.15, 0.2) is 0 Å². The van der Waals surface area contributed by atoms with Crippen molar-refractivity contribution in [3.05, 3.63) is 0 Å². The van der Waals surface area contributed by atoms with Crippen LogP contribution in [0.2, 0.25) is 0 Å². The smallest absolute Gasteiger partial charge is 0.0924 e. The SMILES string of the molecule is OC1(C2CCOC3(CCCC3)C2)CNC1. The number of nitrogens with one attached hydrogen (secondary N) is 1. The van der Waals surface area contributed by atoms with Crippen molar-refractivity contribution in [2.45, 2.75) is 49.7 Å². The van der Waals surface area contributed by atoms with E-state index in [1.807, 2.05) is 0 Å². The molecule has 3 aliphatic rings. The van der Waals surface area contributed by atoms with E-state index < -0.39 is 5.60 Å². The van der Waals surface area contributed by atoms with Gasteiger partial charge in [0.2, 0.25) is 0 Å². The lowest BCUT2D eigenvalue weighted by molar-refractivity contribution is -0.154. The molecule has 86 valence electrons.